The fourth-order valence-corrected chi connectivity index (χ4v) is 4.22. The normalized spacial score (nSPS) is 21.8. The van der Waals surface area contributed by atoms with Crippen molar-refractivity contribution in [2.75, 3.05) is 12.9 Å². The zero-order valence-electron chi connectivity index (χ0n) is 15.5. The predicted molar refractivity (Wildman–Crippen MR) is 117 cm³/mol. The molecule has 170 valence electrons. The molecule has 0 bridgehead atoms. The van der Waals surface area contributed by atoms with Crippen molar-refractivity contribution in [2.45, 2.75) is 58.5 Å². The van der Waals surface area contributed by atoms with E-state index in [1.807, 2.05) is 0 Å². The lowest BCUT2D eigenvalue weighted by Crippen LogP contribution is -2.53. The summed E-state index contributed by atoms with van der Waals surface area (Å²) in [5.74, 6) is -0.689. The van der Waals surface area contributed by atoms with E-state index in [2.05, 4.69) is 4.72 Å². The standard InChI is InChI=1S/C15H22Cl6N2O5S/c1-3-29(26,27)22-9(4-6-14(16,17)18)13(25)23-10(5-7-15(19,20)21)11(28-2)8-12(23)24/h8-10,12,22,24H,3-7H2,1-2H3/t9-,10+,12?/m1/s1. The number of hydrogen-bond acceptors (Lipinski definition) is 5. The summed E-state index contributed by atoms with van der Waals surface area (Å²) in [4.78, 5) is 14.3. The van der Waals surface area contributed by atoms with Gasteiger partial charge in [-0.25, -0.2) is 13.1 Å². The number of aliphatic hydroxyl groups excluding tert-OH is 1. The van der Waals surface area contributed by atoms with E-state index in [1.165, 1.54) is 20.1 Å². The molecule has 1 unspecified atom stereocenters. The average molecular weight is 555 g/mol. The van der Waals surface area contributed by atoms with Crippen LogP contribution in [0.2, 0.25) is 0 Å². The molecule has 1 amide bonds. The Morgan fingerprint density at radius 1 is 1.24 bits per heavy atom. The molecule has 2 N–H and O–H groups in total. The van der Waals surface area contributed by atoms with Crippen LogP contribution in [0.5, 0.6) is 0 Å². The van der Waals surface area contributed by atoms with Gasteiger partial charge in [0.25, 0.3) is 0 Å². The van der Waals surface area contributed by atoms with Crippen LogP contribution < -0.4 is 4.72 Å². The quantitative estimate of drug-likeness (QED) is 0.424. The number of sulfonamides is 1. The molecule has 0 aromatic carbocycles. The highest BCUT2D eigenvalue weighted by Crippen LogP contribution is 2.37. The van der Waals surface area contributed by atoms with Gasteiger partial charge in [0.15, 0.2) is 13.8 Å². The van der Waals surface area contributed by atoms with Crippen LogP contribution >= 0.6 is 69.6 Å². The second kappa shape index (κ2) is 11.0. The zero-order valence-corrected chi connectivity index (χ0v) is 20.9. The summed E-state index contributed by atoms with van der Waals surface area (Å²) in [6.45, 7) is 1.41. The van der Waals surface area contributed by atoms with E-state index in [0.717, 1.165) is 4.90 Å². The summed E-state index contributed by atoms with van der Waals surface area (Å²) in [6, 6.07) is -2.04. The van der Waals surface area contributed by atoms with E-state index in [0.29, 0.717) is 5.76 Å². The molecular formula is C15H22Cl6N2O5S. The minimum absolute atomic E-state index is 0.0546. The van der Waals surface area contributed by atoms with Crippen molar-refractivity contribution in [3.05, 3.63) is 11.8 Å². The summed E-state index contributed by atoms with van der Waals surface area (Å²) < 4.78 is 28.4. The molecule has 1 rings (SSSR count). The molecular weight excluding hydrogens is 533 g/mol. The Bertz CT molecular complexity index is 707. The summed E-state index contributed by atoms with van der Waals surface area (Å²) in [6.07, 6.45) is -0.0544. The zero-order chi connectivity index (χ0) is 22.6. The van der Waals surface area contributed by atoms with Crippen molar-refractivity contribution in [3.63, 3.8) is 0 Å². The third-order valence-corrected chi connectivity index (χ3v) is 6.71. The van der Waals surface area contributed by atoms with E-state index in [1.54, 1.807) is 0 Å². The second-order valence-corrected chi connectivity index (χ2v) is 13.4. The molecule has 0 saturated heterocycles. The van der Waals surface area contributed by atoms with Crippen molar-refractivity contribution >= 4 is 85.5 Å². The lowest BCUT2D eigenvalue weighted by atomic mass is 10.1. The molecule has 0 fully saturated rings. The highest BCUT2D eigenvalue weighted by Gasteiger charge is 2.42. The number of alkyl halides is 6. The number of nitrogens with zero attached hydrogens (tertiary/aromatic N) is 1. The van der Waals surface area contributed by atoms with Gasteiger partial charge in [-0.2, -0.15) is 0 Å². The van der Waals surface area contributed by atoms with Gasteiger partial charge in [-0.1, -0.05) is 69.6 Å². The molecule has 1 aliphatic heterocycles. The van der Waals surface area contributed by atoms with E-state index in [4.69, 9.17) is 74.3 Å². The van der Waals surface area contributed by atoms with Crippen LogP contribution in [0.3, 0.4) is 0 Å². The van der Waals surface area contributed by atoms with Crippen LogP contribution in [-0.4, -0.2) is 63.1 Å². The van der Waals surface area contributed by atoms with Crippen LogP contribution in [0.1, 0.15) is 32.6 Å². The number of hydrogen-bond donors (Lipinski definition) is 2. The van der Waals surface area contributed by atoms with Crippen LogP contribution in [-0.2, 0) is 19.6 Å². The summed E-state index contributed by atoms with van der Waals surface area (Å²) in [5, 5.41) is 10.4. The summed E-state index contributed by atoms with van der Waals surface area (Å²) >= 11 is 34.7. The first-order chi connectivity index (χ1) is 13.1. The largest absolute Gasteiger partial charge is 0.499 e. The summed E-state index contributed by atoms with van der Waals surface area (Å²) in [5.41, 5.74) is 0. The van der Waals surface area contributed by atoms with Gasteiger partial charge in [-0.15, -0.1) is 0 Å². The van der Waals surface area contributed by atoms with Gasteiger partial charge < -0.3 is 14.7 Å². The van der Waals surface area contributed by atoms with Crippen molar-refractivity contribution in [2.24, 2.45) is 0 Å². The number of aliphatic hydroxyl groups is 1. The minimum Gasteiger partial charge on any atom is -0.499 e. The monoisotopic (exact) mass is 552 g/mol. The highest BCUT2D eigenvalue weighted by atomic mass is 35.6. The van der Waals surface area contributed by atoms with E-state index in [9.17, 15) is 18.3 Å². The van der Waals surface area contributed by atoms with E-state index in [-0.39, 0.29) is 31.4 Å². The van der Waals surface area contributed by atoms with Gasteiger partial charge in [-0.3, -0.25) is 4.79 Å². The Morgan fingerprint density at radius 2 is 1.79 bits per heavy atom. The number of carbonyl (C=O) groups is 1. The Labute approximate surface area is 200 Å². The van der Waals surface area contributed by atoms with Crippen LogP contribution in [0.4, 0.5) is 0 Å². The number of rotatable bonds is 9. The van der Waals surface area contributed by atoms with Crippen molar-refractivity contribution in [1.82, 2.24) is 9.62 Å². The molecule has 1 heterocycles. The van der Waals surface area contributed by atoms with Gasteiger partial charge in [0.1, 0.15) is 11.8 Å². The number of ether oxygens (including phenoxy) is 1. The average Bonchev–Trinajstić information content (AvgIpc) is 2.90. The molecule has 0 aromatic heterocycles. The minimum atomic E-state index is -3.77. The van der Waals surface area contributed by atoms with E-state index >= 15 is 0 Å². The van der Waals surface area contributed by atoms with Gasteiger partial charge in [0, 0.05) is 6.08 Å². The number of amides is 1. The van der Waals surface area contributed by atoms with Crippen molar-refractivity contribution in [3.8, 4) is 0 Å². The maximum atomic E-state index is 13.2. The predicted octanol–water partition coefficient (Wildman–Crippen LogP) is 3.65. The Balaban J connectivity index is 3.14. The molecule has 7 nitrogen and oxygen atoms in total. The third-order valence-electron chi connectivity index (χ3n) is 4.17. The first-order valence-electron chi connectivity index (χ1n) is 8.49. The van der Waals surface area contributed by atoms with Crippen molar-refractivity contribution < 1.29 is 23.1 Å². The fraction of sp³-hybridized carbons (Fsp3) is 0.800. The smallest absolute Gasteiger partial charge is 0.243 e. The molecule has 1 aliphatic rings. The Hall–Kier alpha value is 0.620. The lowest BCUT2D eigenvalue weighted by molar-refractivity contribution is -0.142. The van der Waals surface area contributed by atoms with Crippen LogP contribution in [0.25, 0.3) is 0 Å². The molecule has 0 spiro atoms. The van der Waals surface area contributed by atoms with Gasteiger partial charge in [-0.05, 0) is 32.6 Å². The molecule has 0 saturated carbocycles. The van der Waals surface area contributed by atoms with Crippen LogP contribution in [0, 0.1) is 0 Å². The first-order valence-corrected chi connectivity index (χ1v) is 12.4. The fourth-order valence-electron chi connectivity index (χ4n) is 2.75. The van der Waals surface area contributed by atoms with Gasteiger partial charge >= 0.3 is 0 Å². The van der Waals surface area contributed by atoms with Crippen molar-refractivity contribution in [1.29, 1.82) is 0 Å². The molecule has 3 atom stereocenters. The molecule has 0 radical (unpaired) electrons. The topological polar surface area (TPSA) is 95.9 Å². The van der Waals surface area contributed by atoms with E-state index < -0.39 is 41.8 Å². The van der Waals surface area contributed by atoms with Gasteiger partial charge in [0.05, 0.1) is 18.9 Å². The summed E-state index contributed by atoms with van der Waals surface area (Å²) in [7, 11) is -2.40. The number of carbonyl (C=O) groups excluding carboxylic acids is 1. The third kappa shape index (κ3) is 9.33. The lowest BCUT2D eigenvalue weighted by Gasteiger charge is -2.33. The molecule has 0 aromatic rings. The Kier molecular flexibility index (Phi) is 10.5. The molecule has 0 aliphatic carbocycles. The number of methoxy groups -OCH3 is 1. The SMILES string of the molecule is CCS(=O)(=O)N[C@H](CCC(Cl)(Cl)Cl)C(=O)N1C(O)C=C(OC)[C@@H]1CCC(Cl)(Cl)Cl. The molecule has 29 heavy (non-hydrogen) atoms. The molecule has 14 heteroatoms. The maximum absolute atomic E-state index is 13.2. The first kappa shape index (κ1) is 27.7. The number of halogens is 6. The Morgan fingerprint density at radius 3 is 2.24 bits per heavy atom. The second-order valence-electron chi connectivity index (χ2n) is 6.33. The number of nitrogens with one attached hydrogen (secondary N) is 1. The maximum Gasteiger partial charge on any atom is 0.243 e. The van der Waals surface area contributed by atoms with Gasteiger partial charge in [0.2, 0.25) is 15.9 Å². The van der Waals surface area contributed by atoms with Crippen LogP contribution in [0.15, 0.2) is 11.8 Å². The highest BCUT2D eigenvalue weighted by molar-refractivity contribution is 7.89.